The van der Waals surface area contributed by atoms with Gasteiger partial charge in [0.15, 0.2) is 0 Å². The van der Waals surface area contributed by atoms with E-state index in [1.165, 1.54) is 19.3 Å². The van der Waals surface area contributed by atoms with Crippen molar-refractivity contribution in [3.63, 3.8) is 0 Å². The van der Waals surface area contributed by atoms with Crippen LogP contribution in [0.3, 0.4) is 0 Å². The lowest BCUT2D eigenvalue weighted by Crippen LogP contribution is -2.49. The van der Waals surface area contributed by atoms with Crippen molar-refractivity contribution in [2.75, 3.05) is 0 Å². The summed E-state index contributed by atoms with van der Waals surface area (Å²) in [6.45, 7) is 2.95. The number of carbonyl (C=O) groups excluding carboxylic acids is 1. The molecular weight excluding hydrogens is 248 g/mol. The van der Waals surface area contributed by atoms with Crippen LogP contribution in [0.1, 0.15) is 48.5 Å². The largest absolute Gasteiger partial charge is 0.366 e. The van der Waals surface area contributed by atoms with E-state index in [1.807, 2.05) is 6.07 Å². The quantitative estimate of drug-likeness (QED) is 0.861. The van der Waals surface area contributed by atoms with Crippen LogP contribution in [0, 0.1) is 0 Å². The summed E-state index contributed by atoms with van der Waals surface area (Å²) in [5.74, 6) is -0.444. The zero-order valence-electron chi connectivity index (χ0n) is 10.6. The van der Waals surface area contributed by atoms with Gasteiger partial charge in [-0.25, -0.2) is 0 Å². The van der Waals surface area contributed by atoms with Crippen molar-refractivity contribution in [2.24, 2.45) is 5.73 Å². The number of hydrogen-bond donors (Lipinski definition) is 2. The molecule has 4 heteroatoms. The Hall–Kier alpha value is -1.06. The highest BCUT2D eigenvalue weighted by Crippen LogP contribution is 2.35. The monoisotopic (exact) mass is 266 g/mol. The topological polar surface area (TPSA) is 55.1 Å². The minimum atomic E-state index is -0.444. The van der Waals surface area contributed by atoms with Gasteiger partial charge in [0.1, 0.15) is 0 Å². The molecule has 1 amide bonds. The van der Waals surface area contributed by atoms with Crippen LogP contribution in [0.4, 0.5) is 0 Å². The first kappa shape index (κ1) is 13.4. The fourth-order valence-electron chi connectivity index (χ4n) is 2.39. The minimum absolute atomic E-state index is 0.297. The highest BCUT2D eigenvalue weighted by molar-refractivity contribution is 6.31. The molecule has 18 heavy (non-hydrogen) atoms. The number of amides is 1. The molecule has 0 unspecified atom stereocenters. The molecule has 1 aliphatic rings. The molecule has 0 radical (unpaired) electrons. The van der Waals surface area contributed by atoms with Gasteiger partial charge < -0.3 is 11.1 Å². The number of primary amides is 1. The van der Waals surface area contributed by atoms with Gasteiger partial charge >= 0.3 is 0 Å². The second-order valence-electron chi connectivity index (χ2n) is 5.01. The van der Waals surface area contributed by atoms with E-state index in [1.54, 1.807) is 12.1 Å². The third-order valence-electron chi connectivity index (χ3n) is 3.98. The minimum Gasteiger partial charge on any atom is -0.366 e. The smallest absolute Gasteiger partial charge is 0.248 e. The van der Waals surface area contributed by atoms with Crippen LogP contribution in [0.25, 0.3) is 0 Å². The molecule has 3 nitrogen and oxygen atoms in total. The molecule has 0 bridgehead atoms. The van der Waals surface area contributed by atoms with Gasteiger partial charge in [0.05, 0.1) is 0 Å². The fraction of sp³-hybridized carbons (Fsp3) is 0.500. The van der Waals surface area contributed by atoms with Crippen LogP contribution >= 0.6 is 11.6 Å². The van der Waals surface area contributed by atoms with E-state index < -0.39 is 5.91 Å². The predicted molar refractivity (Wildman–Crippen MR) is 73.7 cm³/mol. The summed E-state index contributed by atoms with van der Waals surface area (Å²) in [6.07, 6.45) is 4.92. The van der Waals surface area contributed by atoms with Crippen LogP contribution in [-0.2, 0) is 6.54 Å². The number of nitrogens with one attached hydrogen (secondary N) is 1. The Kier molecular flexibility index (Phi) is 3.93. The van der Waals surface area contributed by atoms with Gasteiger partial charge in [-0.15, -0.1) is 0 Å². The van der Waals surface area contributed by atoms with Crippen LogP contribution in [-0.4, -0.2) is 11.4 Å². The lowest BCUT2D eigenvalue weighted by Gasteiger charge is -2.42. The summed E-state index contributed by atoms with van der Waals surface area (Å²) in [7, 11) is 0. The van der Waals surface area contributed by atoms with E-state index in [-0.39, 0.29) is 0 Å². The Morgan fingerprint density at radius 3 is 2.67 bits per heavy atom. The molecule has 0 saturated heterocycles. The molecular formula is C14H19ClN2O. The second kappa shape index (κ2) is 5.29. The summed E-state index contributed by atoms with van der Waals surface area (Å²) >= 11 is 6.16. The standard InChI is InChI=1S/C14H19ClN2O/c1-2-14(6-3-7-14)17-9-11-5-4-10(13(16)18)8-12(11)15/h4-5,8,17H,2-3,6-7,9H2,1H3,(H2,16,18). The van der Waals surface area contributed by atoms with Gasteiger partial charge in [0.2, 0.25) is 5.91 Å². The average Bonchev–Trinajstić information content (AvgIpc) is 2.29. The van der Waals surface area contributed by atoms with Gasteiger partial charge in [-0.2, -0.15) is 0 Å². The van der Waals surface area contributed by atoms with Gasteiger partial charge in [-0.1, -0.05) is 24.6 Å². The van der Waals surface area contributed by atoms with Crippen LogP contribution in [0.2, 0.25) is 5.02 Å². The molecule has 0 heterocycles. The van der Waals surface area contributed by atoms with Crippen molar-refractivity contribution in [3.05, 3.63) is 34.3 Å². The van der Waals surface area contributed by atoms with Crippen molar-refractivity contribution in [1.29, 1.82) is 0 Å². The molecule has 0 aliphatic heterocycles. The highest BCUT2D eigenvalue weighted by atomic mass is 35.5. The Labute approximate surface area is 113 Å². The molecule has 3 N–H and O–H groups in total. The molecule has 1 aromatic carbocycles. The Morgan fingerprint density at radius 2 is 2.22 bits per heavy atom. The van der Waals surface area contributed by atoms with E-state index in [0.29, 0.717) is 16.1 Å². The first-order chi connectivity index (χ1) is 8.56. The number of hydrogen-bond acceptors (Lipinski definition) is 2. The van der Waals surface area contributed by atoms with Crippen LogP contribution in [0.15, 0.2) is 18.2 Å². The molecule has 0 spiro atoms. The maximum absolute atomic E-state index is 11.0. The first-order valence-corrected chi connectivity index (χ1v) is 6.77. The van der Waals surface area contributed by atoms with Crippen molar-refractivity contribution >= 4 is 17.5 Å². The molecule has 1 saturated carbocycles. The van der Waals surface area contributed by atoms with Crippen LogP contribution < -0.4 is 11.1 Å². The summed E-state index contributed by atoms with van der Waals surface area (Å²) < 4.78 is 0. The summed E-state index contributed by atoms with van der Waals surface area (Å²) in [6, 6.07) is 5.24. The molecule has 98 valence electrons. The summed E-state index contributed by atoms with van der Waals surface area (Å²) in [5, 5.41) is 4.19. The van der Waals surface area contributed by atoms with Gasteiger partial charge in [0, 0.05) is 22.7 Å². The summed E-state index contributed by atoms with van der Waals surface area (Å²) in [4.78, 5) is 11.0. The average molecular weight is 267 g/mol. The number of halogens is 1. The van der Waals surface area contributed by atoms with Crippen molar-refractivity contribution in [2.45, 2.75) is 44.7 Å². The van der Waals surface area contributed by atoms with Crippen molar-refractivity contribution in [1.82, 2.24) is 5.32 Å². The molecule has 1 aromatic rings. The van der Waals surface area contributed by atoms with Gasteiger partial charge in [0.25, 0.3) is 0 Å². The third kappa shape index (κ3) is 2.68. The number of nitrogens with two attached hydrogens (primary N) is 1. The van der Waals surface area contributed by atoms with E-state index in [0.717, 1.165) is 18.5 Å². The molecule has 1 aliphatic carbocycles. The zero-order chi connectivity index (χ0) is 13.2. The Balaban J connectivity index is 2.03. The van der Waals surface area contributed by atoms with Crippen molar-refractivity contribution < 1.29 is 4.79 Å². The summed E-state index contributed by atoms with van der Waals surface area (Å²) in [5.41, 5.74) is 6.98. The fourth-order valence-corrected chi connectivity index (χ4v) is 2.63. The maximum Gasteiger partial charge on any atom is 0.248 e. The number of carbonyl (C=O) groups is 1. The zero-order valence-corrected chi connectivity index (χ0v) is 11.4. The third-order valence-corrected chi connectivity index (χ3v) is 4.33. The highest BCUT2D eigenvalue weighted by Gasteiger charge is 2.34. The normalized spacial score (nSPS) is 17.2. The Morgan fingerprint density at radius 1 is 1.50 bits per heavy atom. The predicted octanol–water partition coefficient (Wildman–Crippen LogP) is 2.86. The lowest BCUT2D eigenvalue weighted by atomic mass is 9.75. The van der Waals surface area contributed by atoms with Gasteiger partial charge in [-0.05, 0) is 43.4 Å². The SMILES string of the molecule is CCC1(NCc2ccc(C(N)=O)cc2Cl)CCC1. The van der Waals surface area contributed by atoms with E-state index in [2.05, 4.69) is 12.2 Å². The van der Waals surface area contributed by atoms with E-state index in [4.69, 9.17) is 17.3 Å². The number of benzene rings is 1. The van der Waals surface area contributed by atoms with E-state index >= 15 is 0 Å². The molecule has 1 fully saturated rings. The Bertz CT molecular complexity index is 450. The molecule has 0 atom stereocenters. The number of rotatable bonds is 5. The first-order valence-electron chi connectivity index (χ1n) is 6.39. The van der Waals surface area contributed by atoms with E-state index in [9.17, 15) is 4.79 Å². The van der Waals surface area contributed by atoms with Crippen LogP contribution in [0.5, 0.6) is 0 Å². The second-order valence-corrected chi connectivity index (χ2v) is 5.42. The molecule has 0 aromatic heterocycles. The maximum atomic E-state index is 11.0. The van der Waals surface area contributed by atoms with Crippen molar-refractivity contribution in [3.8, 4) is 0 Å². The van der Waals surface area contributed by atoms with Gasteiger partial charge in [-0.3, -0.25) is 4.79 Å². The molecule has 2 rings (SSSR count). The lowest BCUT2D eigenvalue weighted by molar-refractivity contribution is 0.1000.